The van der Waals surface area contributed by atoms with Crippen molar-refractivity contribution in [3.05, 3.63) is 34.6 Å². The van der Waals surface area contributed by atoms with Gasteiger partial charge >= 0.3 is 29.7 Å². The predicted molar refractivity (Wildman–Crippen MR) is 134 cm³/mol. The van der Waals surface area contributed by atoms with E-state index in [0.717, 1.165) is 14.0 Å². The van der Waals surface area contributed by atoms with Gasteiger partial charge in [-0.2, -0.15) is 0 Å². The van der Waals surface area contributed by atoms with Gasteiger partial charge in [0.15, 0.2) is 18.3 Å². The molecule has 0 spiro atoms. The molecule has 13 nitrogen and oxygen atoms in total. The highest BCUT2D eigenvalue weighted by atomic mass is 16.7. The van der Waals surface area contributed by atoms with Gasteiger partial charge in [0.25, 0.3) is 0 Å². The largest absolute Gasteiger partial charge is 0.497 e. The highest BCUT2D eigenvalue weighted by Gasteiger charge is 2.77. The lowest BCUT2D eigenvalue weighted by Gasteiger charge is -2.39. The summed E-state index contributed by atoms with van der Waals surface area (Å²) in [7, 11) is 3.55. The number of rotatable bonds is 8. The van der Waals surface area contributed by atoms with Crippen LogP contribution in [0.2, 0.25) is 0 Å². The van der Waals surface area contributed by atoms with Gasteiger partial charge in [0.1, 0.15) is 11.9 Å². The van der Waals surface area contributed by atoms with Crippen molar-refractivity contribution in [3.63, 3.8) is 0 Å². The number of carbonyl (C=O) groups is 4. The van der Waals surface area contributed by atoms with Gasteiger partial charge in [0.05, 0.1) is 19.1 Å². The quantitative estimate of drug-likeness (QED) is 0.181. The van der Waals surface area contributed by atoms with Gasteiger partial charge in [-0.25, -0.2) is 14.4 Å². The molecule has 3 aliphatic rings. The fourth-order valence-corrected chi connectivity index (χ4v) is 5.38. The molecule has 2 N–H and O–H groups in total. The standard InChI is InChI=1S/C27H36O13/c1-9-12(3)23(29)38-20-17-15(34-6)11-16(37-14(5)28)26(32)22(40-25(31)27(26,33)36-8)18(17)19(35-7)21(20)39-24(30)13(4)10-2/h9-10,15-17,20-22,32-33H,11H2,1-8H3/b12-9-,13-10-. The molecule has 2 aliphatic carbocycles. The first kappa shape index (κ1) is 31.3. The predicted octanol–water partition coefficient (Wildman–Crippen LogP) is 0.615. The number of carbonyl (C=O) groups excluding carboxylic acids is 4. The summed E-state index contributed by atoms with van der Waals surface area (Å²) in [5, 5.41) is 23.3. The summed E-state index contributed by atoms with van der Waals surface area (Å²) in [6.45, 7) is 7.41. The first-order valence-electron chi connectivity index (χ1n) is 12.6. The molecular weight excluding hydrogens is 532 g/mol. The first-order valence-corrected chi connectivity index (χ1v) is 12.6. The molecule has 13 heteroatoms. The molecule has 2 fully saturated rings. The van der Waals surface area contributed by atoms with E-state index in [0.29, 0.717) is 0 Å². The van der Waals surface area contributed by atoms with Crippen molar-refractivity contribution in [2.75, 3.05) is 21.3 Å². The molecule has 0 bridgehead atoms. The van der Waals surface area contributed by atoms with Crippen molar-refractivity contribution < 1.29 is 62.5 Å². The van der Waals surface area contributed by atoms with E-state index in [2.05, 4.69) is 0 Å². The Hall–Kier alpha value is -3.26. The number of esters is 4. The SMILES string of the molecule is C/C=C(/C)C(=O)OC1C(OC)=C2C(C(OC)CC(OC(C)=O)C3(O)C2OC(=O)C3(O)OC)C1OC(=O)/C(C)=C\C. The molecule has 1 aliphatic heterocycles. The lowest BCUT2D eigenvalue weighted by molar-refractivity contribution is -0.286. The van der Waals surface area contributed by atoms with E-state index in [-0.39, 0.29) is 28.9 Å². The fourth-order valence-electron chi connectivity index (χ4n) is 5.38. The second kappa shape index (κ2) is 11.7. The van der Waals surface area contributed by atoms with E-state index in [9.17, 15) is 29.4 Å². The molecule has 0 aromatic heterocycles. The molecule has 3 rings (SSSR count). The molecule has 0 aromatic rings. The number of ether oxygens (including phenoxy) is 7. The third-order valence-corrected chi connectivity index (χ3v) is 7.73. The van der Waals surface area contributed by atoms with Crippen LogP contribution in [0.15, 0.2) is 34.6 Å². The summed E-state index contributed by atoms with van der Waals surface area (Å²) < 4.78 is 38.9. The molecule has 222 valence electrons. The second-order valence-corrected chi connectivity index (χ2v) is 9.76. The van der Waals surface area contributed by atoms with Crippen molar-refractivity contribution in [2.45, 2.75) is 82.9 Å². The monoisotopic (exact) mass is 568 g/mol. The van der Waals surface area contributed by atoms with Crippen molar-refractivity contribution in [1.82, 2.24) is 0 Å². The molecule has 0 aromatic carbocycles. The maximum absolute atomic E-state index is 13.0. The summed E-state index contributed by atoms with van der Waals surface area (Å²) in [4.78, 5) is 51.0. The van der Waals surface area contributed by atoms with Crippen molar-refractivity contribution in [2.24, 2.45) is 5.92 Å². The van der Waals surface area contributed by atoms with E-state index in [1.165, 1.54) is 40.2 Å². The summed E-state index contributed by atoms with van der Waals surface area (Å²) >= 11 is 0. The van der Waals surface area contributed by atoms with Crippen LogP contribution < -0.4 is 0 Å². The average molecular weight is 569 g/mol. The molecule has 40 heavy (non-hydrogen) atoms. The van der Waals surface area contributed by atoms with Crippen LogP contribution >= 0.6 is 0 Å². The van der Waals surface area contributed by atoms with Crippen LogP contribution in [0.5, 0.6) is 0 Å². The Morgan fingerprint density at radius 2 is 1.52 bits per heavy atom. The molecule has 1 saturated heterocycles. The van der Waals surface area contributed by atoms with Gasteiger partial charge in [-0.05, 0) is 27.7 Å². The van der Waals surface area contributed by atoms with Crippen LogP contribution in [0.3, 0.4) is 0 Å². The Morgan fingerprint density at radius 1 is 0.950 bits per heavy atom. The van der Waals surface area contributed by atoms with E-state index < -0.39 is 71.7 Å². The molecule has 1 heterocycles. The lowest BCUT2D eigenvalue weighted by atomic mass is 9.80. The van der Waals surface area contributed by atoms with Crippen LogP contribution in [-0.2, 0) is 52.3 Å². The van der Waals surface area contributed by atoms with Crippen molar-refractivity contribution in [1.29, 1.82) is 0 Å². The third-order valence-electron chi connectivity index (χ3n) is 7.73. The fraction of sp³-hybridized carbons (Fsp3) is 0.630. The number of fused-ring (bicyclic) bond motifs is 3. The van der Waals surface area contributed by atoms with Gasteiger partial charge < -0.3 is 43.4 Å². The van der Waals surface area contributed by atoms with Gasteiger partial charge in [-0.3, -0.25) is 4.79 Å². The number of hydrogen-bond acceptors (Lipinski definition) is 13. The van der Waals surface area contributed by atoms with Crippen LogP contribution in [0.4, 0.5) is 0 Å². The highest BCUT2D eigenvalue weighted by molar-refractivity contribution is 5.89. The van der Waals surface area contributed by atoms with Gasteiger partial charge in [0.2, 0.25) is 5.60 Å². The highest BCUT2D eigenvalue weighted by Crippen LogP contribution is 2.55. The first-order chi connectivity index (χ1) is 18.8. The van der Waals surface area contributed by atoms with E-state index in [4.69, 9.17) is 33.2 Å². The van der Waals surface area contributed by atoms with E-state index in [1.807, 2.05) is 0 Å². The molecule has 0 radical (unpaired) electrons. The Kier molecular flexibility index (Phi) is 9.14. The summed E-state index contributed by atoms with van der Waals surface area (Å²) in [6.07, 6.45) is -4.31. The number of methoxy groups -OCH3 is 3. The van der Waals surface area contributed by atoms with Gasteiger partial charge in [-0.15, -0.1) is 0 Å². The van der Waals surface area contributed by atoms with Gasteiger partial charge in [-0.1, -0.05) is 12.2 Å². The zero-order chi connectivity index (χ0) is 30.2. The topological polar surface area (TPSA) is 173 Å². The summed E-state index contributed by atoms with van der Waals surface area (Å²) in [6, 6.07) is 0. The number of aliphatic hydroxyl groups is 2. The van der Waals surface area contributed by atoms with Gasteiger partial charge in [0, 0.05) is 44.3 Å². The molecular formula is C27H36O13. The molecule has 0 amide bonds. The lowest BCUT2D eigenvalue weighted by Crippen LogP contribution is -2.66. The maximum atomic E-state index is 13.0. The average Bonchev–Trinajstić information content (AvgIpc) is 3.29. The minimum absolute atomic E-state index is 0.000288. The molecule has 1 saturated carbocycles. The maximum Gasteiger partial charge on any atom is 0.370 e. The van der Waals surface area contributed by atoms with Crippen LogP contribution in [0.1, 0.15) is 41.0 Å². The normalized spacial score (nSPS) is 35.8. The minimum Gasteiger partial charge on any atom is -0.497 e. The Labute approximate surface area is 231 Å². The van der Waals surface area contributed by atoms with E-state index in [1.54, 1.807) is 13.8 Å². The molecule has 8 atom stereocenters. The number of allylic oxidation sites excluding steroid dienone is 2. The second-order valence-electron chi connectivity index (χ2n) is 9.76. The molecule has 8 unspecified atom stereocenters. The van der Waals surface area contributed by atoms with Crippen LogP contribution in [0, 0.1) is 5.92 Å². The van der Waals surface area contributed by atoms with Crippen LogP contribution in [-0.4, -0.2) is 97.3 Å². The Balaban J connectivity index is 2.33. The van der Waals surface area contributed by atoms with Crippen molar-refractivity contribution in [3.8, 4) is 0 Å². The van der Waals surface area contributed by atoms with E-state index >= 15 is 0 Å². The van der Waals surface area contributed by atoms with Crippen LogP contribution in [0.25, 0.3) is 0 Å². The Morgan fingerprint density at radius 3 is 2.00 bits per heavy atom. The Bertz CT molecular complexity index is 1150. The van der Waals surface area contributed by atoms with Crippen molar-refractivity contribution >= 4 is 23.9 Å². The number of hydrogen-bond donors (Lipinski definition) is 2. The zero-order valence-electron chi connectivity index (χ0n) is 23.7. The zero-order valence-corrected chi connectivity index (χ0v) is 23.7. The smallest absolute Gasteiger partial charge is 0.370 e. The summed E-state index contributed by atoms with van der Waals surface area (Å²) in [5.74, 6) is -7.85. The minimum atomic E-state index is -2.99. The summed E-state index contributed by atoms with van der Waals surface area (Å²) in [5.41, 5.74) is -2.22. The third kappa shape index (κ3) is 4.80.